The summed E-state index contributed by atoms with van der Waals surface area (Å²) in [5.74, 6) is 0.336. The summed E-state index contributed by atoms with van der Waals surface area (Å²) >= 11 is 0. The minimum Gasteiger partial charge on any atom is -0.360 e. The van der Waals surface area contributed by atoms with Gasteiger partial charge < -0.3 is 9.42 Å². The number of carbonyl (C=O) groups excluding carboxylic acids is 1. The molecule has 1 aromatic heterocycles. The Bertz CT molecular complexity index is 1040. The van der Waals surface area contributed by atoms with Crippen LogP contribution >= 0.6 is 0 Å². The highest BCUT2D eigenvalue weighted by Crippen LogP contribution is 2.36. The van der Waals surface area contributed by atoms with E-state index in [0.717, 1.165) is 19.4 Å². The van der Waals surface area contributed by atoms with Crippen molar-refractivity contribution < 1.29 is 17.7 Å². The molecule has 1 amide bonds. The van der Waals surface area contributed by atoms with Crippen LogP contribution in [0, 0.1) is 33.6 Å². The van der Waals surface area contributed by atoms with Crippen LogP contribution in [0.3, 0.4) is 0 Å². The number of hydrogen-bond acceptors (Lipinski definition) is 5. The van der Waals surface area contributed by atoms with E-state index in [-0.39, 0.29) is 22.8 Å². The number of amides is 1. The number of carbonyl (C=O) groups is 1. The fourth-order valence-electron chi connectivity index (χ4n) is 5.13. The number of hydrogen-bond donors (Lipinski definition) is 0. The number of aromatic nitrogens is 1. The quantitative estimate of drug-likeness (QED) is 0.717. The van der Waals surface area contributed by atoms with Crippen molar-refractivity contribution in [1.82, 2.24) is 14.4 Å². The normalized spacial score (nSPS) is 21.0. The van der Waals surface area contributed by atoms with Gasteiger partial charge in [0.15, 0.2) is 5.76 Å². The molecule has 0 saturated carbocycles. The average Bonchev–Trinajstić information content (AvgIpc) is 3.33. The molecule has 0 spiro atoms. The van der Waals surface area contributed by atoms with E-state index in [0.29, 0.717) is 37.4 Å². The van der Waals surface area contributed by atoms with Gasteiger partial charge in [-0.05, 0) is 58.9 Å². The lowest BCUT2D eigenvalue weighted by Gasteiger charge is -2.34. The van der Waals surface area contributed by atoms with Crippen LogP contribution in [0.5, 0.6) is 0 Å². The van der Waals surface area contributed by atoms with Crippen LogP contribution in [0.25, 0.3) is 0 Å². The average molecular weight is 446 g/mol. The summed E-state index contributed by atoms with van der Waals surface area (Å²) in [5, 5.41) is 3.78. The molecular formula is C23H31N3O4S. The first kappa shape index (κ1) is 22.0. The summed E-state index contributed by atoms with van der Waals surface area (Å²) in [6.07, 6.45) is 3.06. The first-order chi connectivity index (χ1) is 14.7. The van der Waals surface area contributed by atoms with Crippen LogP contribution in [0.4, 0.5) is 0 Å². The number of piperidine rings is 1. The second-order valence-electron chi connectivity index (χ2n) is 8.94. The molecule has 2 aliphatic rings. The Morgan fingerprint density at radius 2 is 1.65 bits per heavy atom. The second-order valence-corrected chi connectivity index (χ2v) is 10.8. The van der Waals surface area contributed by atoms with Gasteiger partial charge in [-0.15, -0.1) is 0 Å². The van der Waals surface area contributed by atoms with Gasteiger partial charge in [-0.1, -0.05) is 34.5 Å². The third kappa shape index (κ3) is 4.15. The molecule has 2 fully saturated rings. The molecule has 1 aromatic carbocycles. The zero-order valence-electron chi connectivity index (χ0n) is 18.7. The van der Waals surface area contributed by atoms with E-state index in [1.807, 2.05) is 4.90 Å². The molecular weight excluding hydrogens is 414 g/mol. The van der Waals surface area contributed by atoms with Crippen LogP contribution in [-0.2, 0) is 14.8 Å². The van der Waals surface area contributed by atoms with E-state index >= 15 is 0 Å². The number of sulfonamides is 1. The fourth-order valence-corrected chi connectivity index (χ4v) is 6.89. The predicted molar refractivity (Wildman–Crippen MR) is 117 cm³/mol. The maximum atomic E-state index is 13.4. The molecule has 7 nitrogen and oxygen atoms in total. The number of nitrogens with zero attached hydrogens (tertiary/aromatic N) is 3. The largest absolute Gasteiger partial charge is 0.360 e. The van der Waals surface area contributed by atoms with Crippen molar-refractivity contribution in [1.29, 1.82) is 0 Å². The molecule has 3 heterocycles. The lowest BCUT2D eigenvalue weighted by atomic mass is 9.94. The van der Waals surface area contributed by atoms with Gasteiger partial charge in [-0.25, -0.2) is 8.42 Å². The zero-order chi connectivity index (χ0) is 22.3. The first-order valence-electron chi connectivity index (χ1n) is 11.0. The van der Waals surface area contributed by atoms with Crippen LogP contribution in [0.15, 0.2) is 27.6 Å². The van der Waals surface area contributed by atoms with Gasteiger partial charge in [0.25, 0.3) is 0 Å². The highest BCUT2D eigenvalue weighted by molar-refractivity contribution is 7.89. The SMILES string of the molecule is Cc1cc(C)cc(C2CCCN2C(=O)C2CCN(S(=O)(=O)c3c(C)noc3C)CC2)c1. The number of benzene rings is 1. The summed E-state index contributed by atoms with van der Waals surface area (Å²) in [6.45, 7) is 8.88. The third-order valence-electron chi connectivity index (χ3n) is 6.53. The van der Waals surface area contributed by atoms with Crippen molar-refractivity contribution in [2.24, 2.45) is 5.92 Å². The van der Waals surface area contributed by atoms with Gasteiger partial charge in [0.2, 0.25) is 15.9 Å². The van der Waals surface area contributed by atoms with Gasteiger partial charge in [0.1, 0.15) is 10.6 Å². The Morgan fingerprint density at radius 3 is 2.23 bits per heavy atom. The Hall–Kier alpha value is -2.19. The van der Waals surface area contributed by atoms with E-state index in [4.69, 9.17) is 4.52 Å². The summed E-state index contributed by atoms with van der Waals surface area (Å²) in [6, 6.07) is 6.64. The molecule has 1 atom stereocenters. The van der Waals surface area contributed by atoms with Gasteiger partial charge in [-0.3, -0.25) is 4.79 Å². The molecule has 0 aliphatic carbocycles. The maximum Gasteiger partial charge on any atom is 0.248 e. The summed E-state index contributed by atoms with van der Waals surface area (Å²) in [5.41, 5.74) is 4.02. The van der Waals surface area contributed by atoms with E-state index in [2.05, 4.69) is 37.2 Å². The highest BCUT2D eigenvalue weighted by atomic mass is 32.2. The zero-order valence-corrected chi connectivity index (χ0v) is 19.5. The van der Waals surface area contributed by atoms with Crippen LogP contribution < -0.4 is 0 Å². The van der Waals surface area contributed by atoms with Crippen molar-refractivity contribution in [3.05, 3.63) is 46.3 Å². The van der Waals surface area contributed by atoms with Crippen LogP contribution in [0.2, 0.25) is 0 Å². The molecule has 0 N–H and O–H groups in total. The highest BCUT2D eigenvalue weighted by Gasteiger charge is 2.39. The second kappa shape index (κ2) is 8.39. The predicted octanol–water partition coefficient (Wildman–Crippen LogP) is 3.67. The molecule has 168 valence electrons. The molecule has 0 radical (unpaired) electrons. The standard InChI is InChI=1S/C23H31N3O4S/c1-15-12-16(2)14-20(13-15)21-6-5-9-26(21)23(27)19-7-10-25(11-8-19)31(28,29)22-17(3)24-30-18(22)4/h12-14,19,21H,5-11H2,1-4H3. The van der Waals surface area contributed by atoms with Crippen molar-refractivity contribution in [2.75, 3.05) is 19.6 Å². The van der Waals surface area contributed by atoms with E-state index in [1.54, 1.807) is 13.8 Å². The van der Waals surface area contributed by atoms with E-state index < -0.39 is 10.0 Å². The lowest BCUT2D eigenvalue weighted by molar-refractivity contribution is -0.137. The van der Waals surface area contributed by atoms with Gasteiger partial charge >= 0.3 is 0 Å². The van der Waals surface area contributed by atoms with Crippen molar-refractivity contribution in [3.8, 4) is 0 Å². The van der Waals surface area contributed by atoms with E-state index in [1.165, 1.54) is 21.0 Å². The lowest BCUT2D eigenvalue weighted by Crippen LogP contribution is -2.44. The summed E-state index contributed by atoms with van der Waals surface area (Å²) < 4.78 is 32.6. The molecule has 2 saturated heterocycles. The molecule has 2 aromatic rings. The Morgan fingerprint density at radius 1 is 1.00 bits per heavy atom. The van der Waals surface area contributed by atoms with Gasteiger partial charge in [-0.2, -0.15) is 4.31 Å². The molecule has 4 rings (SSSR count). The van der Waals surface area contributed by atoms with Crippen LogP contribution in [0.1, 0.15) is 59.9 Å². The van der Waals surface area contributed by atoms with Crippen molar-refractivity contribution in [3.63, 3.8) is 0 Å². The van der Waals surface area contributed by atoms with Gasteiger partial charge in [0.05, 0.1) is 6.04 Å². The number of rotatable bonds is 4. The maximum absolute atomic E-state index is 13.4. The molecule has 0 bridgehead atoms. The third-order valence-corrected chi connectivity index (χ3v) is 8.68. The smallest absolute Gasteiger partial charge is 0.248 e. The number of likely N-dealkylation sites (tertiary alicyclic amines) is 1. The molecule has 8 heteroatoms. The molecule has 31 heavy (non-hydrogen) atoms. The molecule has 1 unspecified atom stereocenters. The minimum absolute atomic E-state index is 0.121. The Labute approximate surface area is 184 Å². The van der Waals surface area contributed by atoms with Crippen LogP contribution in [-0.4, -0.2) is 48.3 Å². The minimum atomic E-state index is -3.66. The number of aryl methyl sites for hydroxylation is 4. The summed E-state index contributed by atoms with van der Waals surface area (Å²) in [4.78, 5) is 15.6. The summed E-state index contributed by atoms with van der Waals surface area (Å²) in [7, 11) is -3.66. The Kier molecular flexibility index (Phi) is 5.96. The monoisotopic (exact) mass is 445 g/mol. The first-order valence-corrected chi connectivity index (χ1v) is 12.4. The van der Waals surface area contributed by atoms with Crippen molar-refractivity contribution in [2.45, 2.75) is 64.3 Å². The molecule has 2 aliphatic heterocycles. The van der Waals surface area contributed by atoms with Gasteiger partial charge in [0, 0.05) is 25.6 Å². The Balaban J connectivity index is 1.45. The van der Waals surface area contributed by atoms with E-state index in [9.17, 15) is 13.2 Å². The fraction of sp³-hybridized carbons (Fsp3) is 0.565. The topological polar surface area (TPSA) is 83.7 Å². The van der Waals surface area contributed by atoms with Crippen molar-refractivity contribution >= 4 is 15.9 Å².